The van der Waals surface area contributed by atoms with E-state index in [4.69, 9.17) is 14.5 Å². The van der Waals surface area contributed by atoms with Crippen LogP contribution in [0.1, 0.15) is 36.6 Å². The minimum atomic E-state index is -0.186. The van der Waals surface area contributed by atoms with Crippen LogP contribution in [0.25, 0.3) is 17.1 Å². The molecule has 0 bridgehead atoms. The molecule has 0 atom stereocenters. The minimum Gasteiger partial charge on any atom is -0.463 e. The van der Waals surface area contributed by atoms with Crippen molar-refractivity contribution in [2.75, 3.05) is 0 Å². The van der Waals surface area contributed by atoms with Crippen LogP contribution in [-0.2, 0) is 7.05 Å². The quantitative estimate of drug-likeness (QED) is 0.276. The first-order valence-electron chi connectivity index (χ1n) is 11.7. The predicted octanol–water partition coefficient (Wildman–Crippen LogP) is 5.85. The molecule has 7 nitrogen and oxygen atoms in total. The maximum Gasteiger partial charge on any atom is 0.297 e. The molecule has 0 aliphatic heterocycles. The molecule has 0 N–H and O–H groups in total. The van der Waals surface area contributed by atoms with Crippen molar-refractivity contribution in [1.29, 1.82) is 0 Å². The zero-order chi connectivity index (χ0) is 25.2. The van der Waals surface area contributed by atoms with Crippen molar-refractivity contribution in [2.24, 2.45) is 17.1 Å². The Morgan fingerprint density at radius 1 is 1.00 bits per heavy atom. The van der Waals surface area contributed by atoms with Gasteiger partial charge in [-0.3, -0.25) is 9.48 Å². The Morgan fingerprint density at radius 3 is 2.42 bits per heavy atom. The lowest BCUT2D eigenvalue weighted by Gasteiger charge is -2.07. The molecule has 0 fully saturated rings. The molecule has 36 heavy (non-hydrogen) atoms. The number of rotatable bonds is 6. The van der Waals surface area contributed by atoms with Crippen molar-refractivity contribution in [1.82, 2.24) is 14.0 Å². The van der Waals surface area contributed by atoms with Gasteiger partial charge in [0.15, 0.2) is 11.4 Å². The number of hydrogen-bond donors (Lipinski definition) is 0. The SMILES string of the molecule is Cc1c(N=c2scc(-c3ccco3)n2N=Cc2ccc(C(C)C)cc2)c(=O)n(-c2ccccc2)n1C. The molecule has 3 heterocycles. The van der Waals surface area contributed by atoms with E-state index in [0.29, 0.717) is 22.2 Å². The van der Waals surface area contributed by atoms with E-state index >= 15 is 0 Å². The van der Waals surface area contributed by atoms with Crippen LogP contribution in [0.2, 0.25) is 0 Å². The predicted molar refractivity (Wildman–Crippen MR) is 145 cm³/mol. The first kappa shape index (κ1) is 23.6. The summed E-state index contributed by atoms with van der Waals surface area (Å²) in [5.41, 5.74) is 4.74. The molecule has 0 radical (unpaired) electrons. The van der Waals surface area contributed by atoms with Crippen molar-refractivity contribution in [2.45, 2.75) is 26.7 Å². The lowest BCUT2D eigenvalue weighted by molar-refractivity contribution is 0.575. The number of para-hydroxylation sites is 1. The molecule has 0 aliphatic carbocycles. The summed E-state index contributed by atoms with van der Waals surface area (Å²) in [5, 5.41) is 6.68. The molecule has 8 heteroatoms. The largest absolute Gasteiger partial charge is 0.463 e. The van der Waals surface area contributed by atoms with Gasteiger partial charge in [0.1, 0.15) is 5.69 Å². The minimum absolute atomic E-state index is 0.186. The number of hydrogen-bond acceptors (Lipinski definition) is 5. The standard InChI is InChI=1S/C28H27N5O2S/c1-19(2)22-14-12-21(13-15-22)17-29-32-24(25-11-8-16-35-25)18-36-28(32)30-26-20(3)31(4)33(27(26)34)23-9-6-5-7-10-23/h5-19H,1-4H3. The average molecular weight is 498 g/mol. The highest BCUT2D eigenvalue weighted by atomic mass is 32.1. The lowest BCUT2D eigenvalue weighted by atomic mass is 10.0. The number of nitrogens with zero attached hydrogens (tertiary/aromatic N) is 5. The molecule has 0 saturated heterocycles. The lowest BCUT2D eigenvalue weighted by Crippen LogP contribution is -2.19. The van der Waals surface area contributed by atoms with Crippen LogP contribution < -0.4 is 10.4 Å². The van der Waals surface area contributed by atoms with E-state index in [2.05, 4.69) is 38.1 Å². The van der Waals surface area contributed by atoms with Gasteiger partial charge in [-0.2, -0.15) is 5.10 Å². The van der Waals surface area contributed by atoms with Crippen LogP contribution in [-0.4, -0.2) is 20.3 Å². The maximum atomic E-state index is 13.4. The van der Waals surface area contributed by atoms with Gasteiger partial charge < -0.3 is 4.42 Å². The third kappa shape index (κ3) is 4.43. The van der Waals surface area contributed by atoms with E-state index < -0.39 is 0 Å². The fourth-order valence-electron chi connectivity index (χ4n) is 3.95. The maximum absolute atomic E-state index is 13.4. The Balaban J connectivity index is 1.63. The van der Waals surface area contributed by atoms with Crippen LogP contribution in [0.4, 0.5) is 5.69 Å². The number of furan rings is 1. The van der Waals surface area contributed by atoms with Gasteiger partial charge in [0.05, 0.1) is 23.9 Å². The molecular weight excluding hydrogens is 470 g/mol. The van der Waals surface area contributed by atoms with Crippen LogP contribution >= 0.6 is 11.3 Å². The molecule has 0 saturated carbocycles. The molecule has 182 valence electrons. The van der Waals surface area contributed by atoms with E-state index in [1.165, 1.54) is 16.9 Å². The molecule has 5 aromatic rings. The van der Waals surface area contributed by atoms with Crippen molar-refractivity contribution in [3.8, 4) is 17.1 Å². The third-order valence-electron chi connectivity index (χ3n) is 6.12. The van der Waals surface area contributed by atoms with Crippen LogP contribution in [0, 0.1) is 6.92 Å². The molecule has 0 aliphatic rings. The van der Waals surface area contributed by atoms with Gasteiger partial charge in [0, 0.05) is 12.4 Å². The van der Waals surface area contributed by atoms with Crippen molar-refractivity contribution in [3.05, 3.63) is 110 Å². The highest BCUT2D eigenvalue weighted by molar-refractivity contribution is 7.07. The van der Waals surface area contributed by atoms with E-state index in [-0.39, 0.29) is 5.56 Å². The fraction of sp³-hybridized carbons (Fsp3) is 0.179. The second kappa shape index (κ2) is 9.83. The highest BCUT2D eigenvalue weighted by Gasteiger charge is 2.17. The Labute approximate surface area is 212 Å². The smallest absolute Gasteiger partial charge is 0.297 e. The van der Waals surface area contributed by atoms with E-state index in [0.717, 1.165) is 22.6 Å². The van der Waals surface area contributed by atoms with Crippen LogP contribution in [0.3, 0.4) is 0 Å². The monoisotopic (exact) mass is 497 g/mol. The summed E-state index contributed by atoms with van der Waals surface area (Å²) in [4.78, 5) is 18.8. The summed E-state index contributed by atoms with van der Waals surface area (Å²) in [7, 11) is 1.86. The number of thiazole rings is 1. The summed E-state index contributed by atoms with van der Waals surface area (Å²) in [5.74, 6) is 1.14. The first-order chi connectivity index (χ1) is 17.4. The third-order valence-corrected chi connectivity index (χ3v) is 6.93. The van der Waals surface area contributed by atoms with Crippen molar-refractivity contribution < 1.29 is 4.42 Å². The highest BCUT2D eigenvalue weighted by Crippen LogP contribution is 2.22. The number of aromatic nitrogens is 3. The van der Waals surface area contributed by atoms with E-state index in [1.54, 1.807) is 21.8 Å². The molecular formula is C28H27N5O2S. The molecule has 2 aromatic carbocycles. The molecule has 5 rings (SSSR count). The summed E-state index contributed by atoms with van der Waals surface area (Å²) in [6, 6.07) is 21.6. The second-order valence-electron chi connectivity index (χ2n) is 8.78. The van der Waals surface area contributed by atoms with Gasteiger partial charge in [-0.15, -0.1) is 11.3 Å². The van der Waals surface area contributed by atoms with Gasteiger partial charge in [0.2, 0.25) is 4.80 Å². The summed E-state index contributed by atoms with van der Waals surface area (Å²) < 4.78 is 10.8. The zero-order valence-corrected chi connectivity index (χ0v) is 21.4. The van der Waals surface area contributed by atoms with Gasteiger partial charge >= 0.3 is 0 Å². The summed E-state index contributed by atoms with van der Waals surface area (Å²) >= 11 is 1.40. The fourth-order valence-corrected chi connectivity index (χ4v) is 4.78. The van der Waals surface area contributed by atoms with Crippen molar-refractivity contribution in [3.63, 3.8) is 0 Å². The topological polar surface area (TPSA) is 69.7 Å². The summed E-state index contributed by atoms with van der Waals surface area (Å²) in [6.07, 6.45) is 3.42. The van der Waals surface area contributed by atoms with Gasteiger partial charge in [-0.25, -0.2) is 14.4 Å². The Kier molecular flexibility index (Phi) is 6.43. The Hall–Kier alpha value is -4.17. The summed E-state index contributed by atoms with van der Waals surface area (Å²) in [6.45, 7) is 6.24. The van der Waals surface area contributed by atoms with E-state index in [9.17, 15) is 4.79 Å². The molecule has 3 aromatic heterocycles. The molecule has 0 unspecified atom stereocenters. The Morgan fingerprint density at radius 2 is 1.75 bits per heavy atom. The first-order valence-corrected chi connectivity index (χ1v) is 12.6. The molecule has 0 spiro atoms. The van der Waals surface area contributed by atoms with Crippen LogP contribution in [0.15, 0.2) is 97.7 Å². The average Bonchev–Trinajstić information content (AvgIpc) is 3.60. The van der Waals surface area contributed by atoms with E-state index in [1.807, 2.05) is 66.5 Å². The number of benzene rings is 2. The van der Waals surface area contributed by atoms with Crippen molar-refractivity contribution >= 4 is 23.2 Å². The normalized spacial score (nSPS) is 12.3. The van der Waals surface area contributed by atoms with Crippen LogP contribution in [0.5, 0.6) is 0 Å². The second-order valence-corrected chi connectivity index (χ2v) is 9.62. The van der Waals surface area contributed by atoms with Gasteiger partial charge in [0.25, 0.3) is 5.56 Å². The van der Waals surface area contributed by atoms with Gasteiger partial charge in [-0.1, -0.05) is 56.3 Å². The Bertz CT molecular complexity index is 1630. The van der Waals surface area contributed by atoms with Gasteiger partial charge in [-0.05, 0) is 48.2 Å². The molecule has 0 amide bonds. The zero-order valence-electron chi connectivity index (χ0n) is 20.6.